The molecule has 0 aliphatic carbocycles. The van der Waals surface area contributed by atoms with Crippen LogP contribution in [-0.4, -0.2) is 33.0 Å². The molecule has 178 valence electrons. The van der Waals surface area contributed by atoms with Gasteiger partial charge in [-0.3, -0.25) is 4.79 Å². The topological polar surface area (TPSA) is 63.2 Å². The van der Waals surface area contributed by atoms with E-state index in [0.717, 1.165) is 18.0 Å². The van der Waals surface area contributed by atoms with Crippen LogP contribution in [0.4, 0.5) is 0 Å². The van der Waals surface area contributed by atoms with E-state index >= 15 is 0 Å². The summed E-state index contributed by atoms with van der Waals surface area (Å²) < 4.78 is 26.1. The molecule has 7 heteroatoms. The van der Waals surface area contributed by atoms with Gasteiger partial charge in [0.2, 0.25) is 0 Å². The van der Waals surface area contributed by atoms with Gasteiger partial charge in [-0.25, -0.2) is 8.42 Å². The first-order valence-corrected chi connectivity index (χ1v) is 14.3. The van der Waals surface area contributed by atoms with Crippen LogP contribution in [0.5, 0.6) is 0 Å². The maximum absolute atomic E-state index is 12.8. The van der Waals surface area contributed by atoms with E-state index in [4.69, 9.17) is 11.6 Å². The lowest BCUT2D eigenvalue weighted by Gasteiger charge is -2.25. The minimum Gasteiger partial charge on any atom is -0.316 e. The van der Waals surface area contributed by atoms with Crippen molar-refractivity contribution in [1.29, 1.82) is 0 Å². The van der Waals surface area contributed by atoms with E-state index in [1.165, 1.54) is 37.0 Å². The molecule has 0 atom stereocenters. The maximum atomic E-state index is 12.8. The quantitative estimate of drug-likeness (QED) is 0.223. The second kappa shape index (κ2) is 12.9. The highest BCUT2D eigenvalue weighted by Crippen LogP contribution is 2.28. The van der Waals surface area contributed by atoms with Crippen LogP contribution in [0.15, 0.2) is 40.6 Å². The SMILES string of the molecule is CCCCCCNCC(C)(C)CCS(=O)(=O)c1ccc(CCC(=O)c2ccc(Cl)cc2)s1. The number of unbranched alkanes of at least 4 members (excludes halogenated alkanes) is 3. The van der Waals surface area contributed by atoms with Gasteiger partial charge >= 0.3 is 0 Å². The standard InChI is InChI=1S/C25H36ClNO3S2/c1-4-5-6-7-17-27-19-25(2,3)16-18-32(29,30)24-15-13-22(31-24)12-14-23(28)20-8-10-21(26)11-9-20/h8-11,13,15,27H,4-7,12,14,16-19H2,1-3H3. The number of carbonyl (C=O) groups excluding carboxylic acids is 1. The third-order valence-corrected chi connectivity index (χ3v) is 9.26. The summed E-state index contributed by atoms with van der Waals surface area (Å²) in [6, 6.07) is 10.4. The Hall–Kier alpha value is -1.21. The monoisotopic (exact) mass is 497 g/mol. The number of benzene rings is 1. The minimum absolute atomic E-state index is 0.0309. The fourth-order valence-electron chi connectivity index (χ4n) is 3.38. The van der Waals surface area contributed by atoms with Gasteiger partial charge in [-0.15, -0.1) is 11.3 Å². The van der Waals surface area contributed by atoms with Gasteiger partial charge in [0.05, 0.1) is 5.75 Å². The van der Waals surface area contributed by atoms with Crippen LogP contribution in [0.2, 0.25) is 5.02 Å². The lowest BCUT2D eigenvalue weighted by molar-refractivity contribution is 0.0983. The highest BCUT2D eigenvalue weighted by Gasteiger charge is 2.24. The van der Waals surface area contributed by atoms with Gasteiger partial charge in [0.15, 0.2) is 15.6 Å². The summed E-state index contributed by atoms with van der Waals surface area (Å²) in [5.41, 5.74) is 0.545. The van der Waals surface area contributed by atoms with Gasteiger partial charge < -0.3 is 5.32 Å². The molecule has 1 aromatic carbocycles. The molecule has 32 heavy (non-hydrogen) atoms. The average molecular weight is 498 g/mol. The first-order valence-electron chi connectivity index (χ1n) is 11.4. The number of aryl methyl sites for hydroxylation is 1. The van der Waals surface area contributed by atoms with E-state index in [0.29, 0.717) is 34.1 Å². The molecular formula is C25H36ClNO3S2. The zero-order valence-electron chi connectivity index (χ0n) is 19.5. The van der Waals surface area contributed by atoms with Crippen LogP contribution in [-0.2, 0) is 16.3 Å². The third-order valence-electron chi connectivity index (χ3n) is 5.57. The molecule has 0 saturated heterocycles. The summed E-state index contributed by atoms with van der Waals surface area (Å²) in [7, 11) is -3.32. The Kier molecular flexibility index (Phi) is 10.9. The number of hydrogen-bond donors (Lipinski definition) is 1. The van der Waals surface area contributed by atoms with Gasteiger partial charge in [-0.2, -0.15) is 0 Å². The average Bonchev–Trinajstić information content (AvgIpc) is 3.24. The van der Waals surface area contributed by atoms with Crippen molar-refractivity contribution < 1.29 is 13.2 Å². The van der Waals surface area contributed by atoms with Crippen molar-refractivity contribution in [3.05, 3.63) is 51.9 Å². The summed E-state index contributed by atoms with van der Waals surface area (Å²) in [6.45, 7) is 8.23. The minimum atomic E-state index is -3.32. The van der Waals surface area contributed by atoms with Crippen molar-refractivity contribution >= 4 is 38.6 Å². The van der Waals surface area contributed by atoms with Gasteiger partial charge in [0.1, 0.15) is 4.21 Å². The highest BCUT2D eigenvalue weighted by atomic mass is 35.5. The highest BCUT2D eigenvalue weighted by molar-refractivity contribution is 7.93. The number of Topliss-reactive ketones (excluding diaryl/α,β-unsaturated/α-hetero) is 1. The molecule has 0 bridgehead atoms. The predicted molar refractivity (Wildman–Crippen MR) is 136 cm³/mol. The number of thiophene rings is 1. The molecule has 0 spiro atoms. The van der Waals surface area contributed by atoms with Crippen molar-refractivity contribution in [1.82, 2.24) is 5.32 Å². The molecule has 0 aliphatic rings. The van der Waals surface area contributed by atoms with Crippen molar-refractivity contribution in [2.75, 3.05) is 18.8 Å². The number of rotatable bonds is 15. The van der Waals surface area contributed by atoms with Gasteiger partial charge in [0.25, 0.3) is 0 Å². The first kappa shape index (κ1) is 27.0. The number of nitrogens with one attached hydrogen (secondary N) is 1. The normalized spacial score (nSPS) is 12.2. The summed E-state index contributed by atoms with van der Waals surface area (Å²) in [5.74, 6) is 0.171. The molecule has 4 nitrogen and oxygen atoms in total. The molecular weight excluding hydrogens is 462 g/mol. The number of carbonyl (C=O) groups is 1. The first-order chi connectivity index (χ1) is 15.1. The molecule has 1 aromatic heterocycles. The van der Waals surface area contributed by atoms with E-state index in [-0.39, 0.29) is 17.0 Å². The number of ketones is 1. The zero-order chi connectivity index (χ0) is 23.6. The van der Waals surface area contributed by atoms with E-state index in [1.54, 1.807) is 30.3 Å². The van der Waals surface area contributed by atoms with Gasteiger partial charge in [-0.05, 0) is 67.6 Å². The lowest BCUT2D eigenvalue weighted by atomic mass is 9.90. The van der Waals surface area contributed by atoms with E-state index in [1.807, 2.05) is 6.07 Å². The van der Waals surface area contributed by atoms with Crippen LogP contribution < -0.4 is 5.32 Å². The third kappa shape index (κ3) is 9.34. The van der Waals surface area contributed by atoms with E-state index in [9.17, 15) is 13.2 Å². The molecule has 0 amide bonds. The van der Waals surface area contributed by atoms with Gasteiger partial charge in [-0.1, -0.05) is 51.6 Å². The van der Waals surface area contributed by atoms with E-state index < -0.39 is 9.84 Å². The summed E-state index contributed by atoms with van der Waals surface area (Å²) >= 11 is 7.15. The van der Waals surface area contributed by atoms with Crippen molar-refractivity contribution in [3.8, 4) is 0 Å². The van der Waals surface area contributed by atoms with Crippen LogP contribution in [0.25, 0.3) is 0 Å². The zero-order valence-corrected chi connectivity index (χ0v) is 21.8. The Balaban J connectivity index is 1.81. The summed E-state index contributed by atoms with van der Waals surface area (Å²) in [5, 5.41) is 4.07. The summed E-state index contributed by atoms with van der Waals surface area (Å²) in [4.78, 5) is 13.3. The van der Waals surface area contributed by atoms with Crippen molar-refractivity contribution in [2.24, 2.45) is 5.41 Å². The van der Waals surface area contributed by atoms with Crippen LogP contribution >= 0.6 is 22.9 Å². The number of halogens is 1. The fraction of sp³-hybridized carbons (Fsp3) is 0.560. The molecule has 1 N–H and O–H groups in total. The molecule has 2 aromatic rings. The van der Waals surface area contributed by atoms with E-state index in [2.05, 4.69) is 26.1 Å². The Labute approximate surface area is 202 Å². The van der Waals surface area contributed by atoms with Gasteiger partial charge in [0, 0.05) is 28.4 Å². The van der Waals surface area contributed by atoms with Crippen molar-refractivity contribution in [3.63, 3.8) is 0 Å². The summed E-state index contributed by atoms with van der Waals surface area (Å²) in [6.07, 6.45) is 6.39. The number of sulfone groups is 1. The predicted octanol–water partition coefficient (Wildman–Crippen LogP) is 6.58. The molecule has 0 fully saturated rings. The molecule has 2 rings (SSSR count). The van der Waals surface area contributed by atoms with Crippen molar-refractivity contribution in [2.45, 2.75) is 69.9 Å². The van der Waals surface area contributed by atoms with Crippen LogP contribution in [0, 0.1) is 5.41 Å². The Morgan fingerprint density at radius 3 is 2.47 bits per heavy atom. The molecule has 0 aliphatic heterocycles. The second-order valence-corrected chi connectivity index (χ2v) is 13.1. The maximum Gasteiger partial charge on any atom is 0.187 e. The van der Waals surface area contributed by atoms with Crippen LogP contribution in [0.3, 0.4) is 0 Å². The molecule has 1 heterocycles. The Morgan fingerprint density at radius 2 is 1.78 bits per heavy atom. The number of hydrogen-bond acceptors (Lipinski definition) is 5. The molecule has 0 radical (unpaired) electrons. The smallest absolute Gasteiger partial charge is 0.187 e. The molecule has 0 unspecified atom stereocenters. The molecule has 0 saturated carbocycles. The Bertz CT molecular complexity index is 950. The second-order valence-electron chi connectivity index (χ2n) is 9.12. The van der Waals surface area contributed by atoms with Crippen LogP contribution in [0.1, 0.15) is 74.5 Å². The lowest BCUT2D eigenvalue weighted by Crippen LogP contribution is -2.31. The Morgan fingerprint density at radius 1 is 1.06 bits per heavy atom. The fourth-order valence-corrected chi connectivity index (χ4v) is 6.62. The largest absolute Gasteiger partial charge is 0.316 e.